The monoisotopic (exact) mass is 483 g/mol. The standard InChI is InChI=1S/C24H25N3O6S/c1-4-26(24-25-17-7-5-6-8-20(17)34-24)22(29)14-33-23(30)15-11-21(28)27(13-15)18-12-16(31-2)9-10-19(18)32-3/h5-10,12,15H,4,11,13-14H2,1-3H3. The first-order valence-corrected chi connectivity index (χ1v) is 11.6. The molecule has 1 atom stereocenters. The molecule has 0 aliphatic carbocycles. The Morgan fingerprint density at radius 1 is 1.18 bits per heavy atom. The van der Waals surface area contributed by atoms with Gasteiger partial charge in [-0.1, -0.05) is 23.5 Å². The minimum atomic E-state index is -0.686. The first kappa shape index (κ1) is 23.5. The smallest absolute Gasteiger partial charge is 0.311 e. The van der Waals surface area contributed by atoms with Gasteiger partial charge in [0.05, 0.1) is 36.0 Å². The molecule has 2 amide bonds. The van der Waals surface area contributed by atoms with Crippen LogP contribution in [0.3, 0.4) is 0 Å². The Hall–Kier alpha value is -3.66. The normalized spacial score (nSPS) is 15.4. The van der Waals surface area contributed by atoms with E-state index >= 15 is 0 Å². The summed E-state index contributed by atoms with van der Waals surface area (Å²) in [6, 6.07) is 12.7. The molecule has 0 spiro atoms. The van der Waals surface area contributed by atoms with Crippen molar-refractivity contribution in [2.45, 2.75) is 13.3 Å². The van der Waals surface area contributed by atoms with Crippen molar-refractivity contribution in [2.24, 2.45) is 5.92 Å². The van der Waals surface area contributed by atoms with Gasteiger partial charge < -0.3 is 19.1 Å². The van der Waals surface area contributed by atoms with E-state index in [2.05, 4.69) is 4.98 Å². The molecule has 10 heteroatoms. The van der Waals surface area contributed by atoms with Gasteiger partial charge in [0, 0.05) is 25.6 Å². The van der Waals surface area contributed by atoms with E-state index in [1.165, 1.54) is 35.4 Å². The summed E-state index contributed by atoms with van der Waals surface area (Å²) in [5.41, 5.74) is 1.33. The maximum Gasteiger partial charge on any atom is 0.311 e. The van der Waals surface area contributed by atoms with Crippen LogP contribution in [0.4, 0.5) is 10.8 Å². The second kappa shape index (κ2) is 10.1. The summed E-state index contributed by atoms with van der Waals surface area (Å²) in [5.74, 6) is -0.822. The quantitative estimate of drug-likeness (QED) is 0.454. The second-order valence-electron chi connectivity index (χ2n) is 7.65. The number of amides is 2. The summed E-state index contributed by atoms with van der Waals surface area (Å²) in [6.45, 7) is 1.93. The van der Waals surface area contributed by atoms with Crippen molar-refractivity contribution in [3.8, 4) is 11.5 Å². The van der Waals surface area contributed by atoms with E-state index in [-0.39, 0.29) is 24.8 Å². The van der Waals surface area contributed by atoms with Crippen molar-refractivity contribution in [3.05, 3.63) is 42.5 Å². The number of hydrogen-bond donors (Lipinski definition) is 0. The number of fused-ring (bicyclic) bond motifs is 1. The zero-order valence-electron chi connectivity index (χ0n) is 19.1. The van der Waals surface area contributed by atoms with Crippen LogP contribution in [0.5, 0.6) is 11.5 Å². The van der Waals surface area contributed by atoms with E-state index in [1.807, 2.05) is 31.2 Å². The van der Waals surface area contributed by atoms with Gasteiger partial charge in [-0.25, -0.2) is 4.98 Å². The molecule has 178 valence electrons. The molecule has 2 aromatic carbocycles. The van der Waals surface area contributed by atoms with E-state index in [0.29, 0.717) is 28.9 Å². The topological polar surface area (TPSA) is 98.3 Å². The Bertz CT molecular complexity index is 1190. The highest BCUT2D eigenvalue weighted by Crippen LogP contribution is 2.36. The lowest BCUT2D eigenvalue weighted by molar-refractivity contribution is -0.151. The van der Waals surface area contributed by atoms with Crippen molar-refractivity contribution in [1.82, 2.24) is 4.98 Å². The molecular weight excluding hydrogens is 458 g/mol. The third-order valence-electron chi connectivity index (χ3n) is 5.60. The van der Waals surface area contributed by atoms with Crippen LogP contribution in [0.2, 0.25) is 0 Å². The molecule has 1 saturated heterocycles. The minimum Gasteiger partial charge on any atom is -0.497 e. The molecule has 34 heavy (non-hydrogen) atoms. The SMILES string of the molecule is CCN(C(=O)COC(=O)C1CC(=O)N(c2cc(OC)ccc2OC)C1)c1nc2ccccc2s1. The number of carbonyl (C=O) groups excluding carboxylic acids is 3. The molecule has 4 rings (SSSR count). The van der Waals surface area contributed by atoms with Crippen molar-refractivity contribution in [1.29, 1.82) is 0 Å². The molecule has 1 aromatic heterocycles. The Kier molecular flexibility index (Phi) is 6.97. The lowest BCUT2D eigenvalue weighted by atomic mass is 10.1. The van der Waals surface area contributed by atoms with Crippen molar-refractivity contribution in [3.63, 3.8) is 0 Å². The van der Waals surface area contributed by atoms with Gasteiger partial charge in [0.15, 0.2) is 11.7 Å². The predicted molar refractivity (Wildman–Crippen MR) is 129 cm³/mol. The number of likely N-dealkylation sites (N-methyl/N-ethyl adjacent to an activating group) is 1. The van der Waals surface area contributed by atoms with Crippen molar-refractivity contribution >= 4 is 50.2 Å². The molecule has 2 heterocycles. The van der Waals surface area contributed by atoms with Gasteiger partial charge >= 0.3 is 5.97 Å². The van der Waals surface area contributed by atoms with Gasteiger partial charge in [0.25, 0.3) is 5.91 Å². The molecule has 0 saturated carbocycles. The molecule has 1 aliphatic rings. The Morgan fingerprint density at radius 2 is 1.97 bits per heavy atom. The maximum atomic E-state index is 12.8. The van der Waals surface area contributed by atoms with Gasteiger partial charge in [-0.3, -0.25) is 19.3 Å². The minimum absolute atomic E-state index is 0.0112. The van der Waals surface area contributed by atoms with Gasteiger partial charge in [-0.2, -0.15) is 0 Å². The number of methoxy groups -OCH3 is 2. The fraction of sp³-hybridized carbons (Fsp3) is 0.333. The average Bonchev–Trinajstić information content (AvgIpc) is 3.46. The van der Waals surface area contributed by atoms with Gasteiger partial charge in [0.1, 0.15) is 11.5 Å². The molecule has 9 nitrogen and oxygen atoms in total. The van der Waals surface area contributed by atoms with Crippen LogP contribution in [0, 0.1) is 5.92 Å². The van der Waals surface area contributed by atoms with Crippen LogP contribution in [0.25, 0.3) is 10.2 Å². The van der Waals surface area contributed by atoms with E-state index < -0.39 is 18.5 Å². The summed E-state index contributed by atoms with van der Waals surface area (Å²) >= 11 is 1.40. The average molecular weight is 484 g/mol. The molecular formula is C24H25N3O6S. The number of thiazole rings is 1. The fourth-order valence-electron chi connectivity index (χ4n) is 3.83. The molecule has 0 radical (unpaired) electrons. The lowest BCUT2D eigenvalue weighted by Gasteiger charge is -2.20. The van der Waals surface area contributed by atoms with Crippen LogP contribution in [0.15, 0.2) is 42.5 Å². The molecule has 1 unspecified atom stereocenters. The van der Waals surface area contributed by atoms with E-state index in [9.17, 15) is 14.4 Å². The number of hydrogen-bond acceptors (Lipinski definition) is 8. The van der Waals surface area contributed by atoms with Crippen LogP contribution in [-0.4, -0.2) is 56.7 Å². The highest BCUT2D eigenvalue weighted by Gasteiger charge is 2.38. The second-order valence-corrected chi connectivity index (χ2v) is 8.66. The zero-order chi connectivity index (χ0) is 24.2. The molecule has 0 bridgehead atoms. The highest BCUT2D eigenvalue weighted by atomic mass is 32.1. The molecule has 0 N–H and O–H groups in total. The summed E-state index contributed by atoms with van der Waals surface area (Å²) in [7, 11) is 3.04. The number of ether oxygens (including phenoxy) is 3. The Morgan fingerprint density at radius 3 is 2.68 bits per heavy atom. The fourth-order valence-corrected chi connectivity index (χ4v) is 4.88. The van der Waals surface area contributed by atoms with Crippen LogP contribution in [-0.2, 0) is 19.1 Å². The van der Waals surface area contributed by atoms with Crippen molar-refractivity contribution < 1.29 is 28.6 Å². The number of benzene rings is 2. The van der Waals surface area contributed by atoms with Crippen LogP contribution in [0.1, 0.15) is 13.3 Å². The third-order valence-corrected chi connectivity index (χ3v) is 6.66. The summed E-state index contributed by atoms with van der Waals surface area (Å²) < 4.78 is 16.9. The molecule has 1 aliphatic heterocycles. The largest absolute Gasteiger partial charge is 0.497 e. The number of para-hydroxylation sites is 1. The van der Waals surface area contributed by atoms with Gasteiger partial charge in [-0.15, -0.1) is 0 Å². The van der Waals surface area contributed by atoms with Crippen LogP contribution < -0.4 is 19.3 Å². The van der Waals surface area contributed by atoms with E-state index in [4.69, 9.17) is 14.2 Å². The maximum absolute atomic E-state index is 12.8. The molecule has 3 aromatic rings. The van der Waals surface area contributed by atoms with E-state index in [1.54, 1.807) is 18.2 Å². The highest BCUT2D eigenvalue weighted by molar-refractivity contribution is 7.22. The number of anilines is 2. The summed E-state index contributed by atoms with van der Waals surface area (Å²) in [4.78, 5) is 45.6. The third kappa shape index (κ3) is 4.67. The van der Waals surface area contributed by atoms with E-state index in [0.717, 1.165) is 10.2 Å². The first-order chi connectivity index (χ1) is 16.4. The first-order valence-electron chi connectivity index (χ1n) is 10.8. The van der Waals surface area contributed by atoms with Gasteiger partial charge in [0.2, 0.25) is 5.91 Å². The number of rotatable bonds is 8. The number of carbonyl (C=O) groups is 3. The predicted octanol–water partition coefficient (Wildman–Crippen LogP) is 3.26. The molecule has 1 fully saturated rings. The number of aromatic nitrogens is 1. The Balaban J connectivity index is 1.40. The Labute approximate surface area is 200 Å². The summed E-state index contributed by atoms with van der Waals surface area (Å²) in [6.07, 6.45) is -0.0112. The number of esters is 1. The number of nitrogens with zero attached hydrogens (tertiary/aromatic N) is 3. The van der Waals surface area contributed by atoms with Crippen LogP contribution >= 0.6 is 11.3 Å². The zero-order valence-corrected chi connectivity index (χ0v) is 20.0. The van der Waals surface area contributed by atoms with Crippen molar-refractivity contribution in [2.75, 3.05) is 43.7 Å². The lowest BCUT2D eigenvalue weighted by Crippen LogP contribution is -2.35. The van der Waals surface area contributed by atoms with Gasteiger partial charge in [-0.05, 0) is 31.2 Å². The summed E-state index contributed by atoms with van der Waals surface area (Å²) in [5, 5.41) is 0.553.